The van der Waals surface area contributed by atoms with E-state index in [0.717, 1.165) is 15.3 Å². The zero-order chi connectivity index (χ0) is 22.2. The number of carbonyl (C=O) groups is 1. The van der Waals surface area contributed by atoms with Gasteiger partial charge in [-0.05, 0) is 55.3 Å². The summed E-state index contributed by atoms with van der Waals surface area (Å²) in [4.78, 5) is 26.6. The van der Waals surface area contributed by atoms with Crippen molar-refractivity contribution >= 4 is 22.9 Å². The van der Waals surface area contributed by atoms with Crippen LogP contribution in [0.3, 0.4) is 0 Å². The van der Waals surface area contributed by atoms with Crippen LogP contribution in [0.1, 0.15) is 18.7 Å². The van der Waals surface area contributed by atoms with Gasteiger partial charge in [-0.2, -0.15) is 5.10 Å². The fraction of sp³-hybridized carbons (Fsp3) is 0.286. The van der Waals surface area contributed by atoms with E-state index >= 15 is 0 Å². The van der Waals surface area contributed by atoms with Crippen LogP contribution >= 0.6 is 11.3 Å². The molecule has 0 bridgehead atoms. The molecular formula is C21H22FN5O3S. The van der Waals surface area contributed by atoms with E-state index in [1.165, 1.54) is 26.9 Å². The lowest BCUT2D eigenvalue weighted by Crippen LogP contribution is -2.45. The molecule has 1 aliphatic rings. The van der Waals surface area contributed by atoms with Crippen LogP contribution in [0.4, 0.5) is 10.1 Å². The smallest absolute Gasteiger partial charge is 0.346 e. The standard InChI is InChI=1S/C21H22FN5O3S/c1-21(2)19(28)25-16-7-14(3-5-17(16)30-21)18-6-4-15(31-18)11-26-12-24-27(20(26)29)10-13(8-22)9-23/h3-8,12H,9-11,23H2,1-2H3,(H,25,28)/b13-8+. The van der Waals surface area contributed by atoms with Gasteiger partial charge in [-0.3, -0.25) is 9.36 Å². The van der Waals surface area contributed by atoms with Crippen LogP contribution in [-0.2, 0) is 17.9 Å². The second kappa shape index (κ2) is 8.12. The van der Waals surface area contributed by atoms with Crippen LogP contribution < -0.4 is 21.5 Å². The van der Waals surface area contributed by atoms with Gasteiger partial charge < -0.3 is 15.8 Å². The maximum Gasteiger partial charge on any atom is 0.346 e. The first-order chi connectivity index (χ1) is 14.8. The Morgan fingerprint density at radius 3 is 2.87 bits per heavy atom. The normalized spacial score (nSPS) is 15.4. The highest BCUT2D eigenvalue weighted by Gasteiger charge is 2.35. The molecule has 0 fully saturated rings. The van der Waals surface area contributed by atoms with Crippen LogP contribution in [-0.4, -0.2) is 32.4 Å². The average molecular weight is 444 g/mol. The highest BCUT2D eigenvalue weighted by Crippen LogP contribution is 2.38. The van der Waals surface area contributed by atoms with Crippen LogP contribution in [0.5, 0.6) is 5.75 Å². The van der Waals surface area contributed by atoms with E-state index in [-0.39, 0.29) is 30.3 Å². The van der Waals surface area contributed by atoms with Crippen LogP contribution in [0.2, 0.25) is 0 Å². The number of nitrogens with zero attached hydrogens (tertiary/aromatic N) is 3. The summed E-state index contributed by atoms with van der Waals surface area (Å²) >= 11 is 1.53. The molecule has 0 atom stereocenters. The number of ether oxygens (including phenoxy) is 1. The molecule has 0 radical (unpaired) electrons. The number of amides is 1. The lowest BCUT2D eigenvalue weighted by molar-refractivity contribution is -0.129. The number of benzene rings is 1. The Bertz CT molecular complexity index is 1220. The van der Waals surface area contributed by atoms with Crippen molar-refractivity contribution in [3.05, 3.63) is 63.9 Å². The number of thiophene rings is 1. The third-order valence-corrected chi connectivity index (χ3v) is 6.10. The molecular weight excluding hydrogens is 421 g/mol. The molecule has 1 aromatic carbocycles. The van der Waals surface area contributed by atoms with Gasteiger partial charge in [0, 0.05) is 16.3 Å². The SMILES string of the molecule is CC1(C)Oc2ccc(-c3ccc(Cn4cnn(C/C(=C/F)CN)c4=O)s3)cc2NC1=O. The van der Waals surface area contributed by atoms with Crippen molar-refractivity contribution in [2.24, 2.45) is 5.73 Å². The molecule has 4 rings (SSSR count). The molecule has 0 unspecified atom stereocenters. The van der Waals surface area contributed by atoms with E-state index < -0.39 is 5.60 Å². The largest absolute Gasteiger partial charge is 0.476 e. The van der Waals surface area contributed by atoms with Gasteiger partial charge in [0.1, 0.15) is 12.1 Å². The molecule has 31 heavy (non-hydrogen) atoms. The van der Waals surface area contributed by atoms with Gasteiger partial charge in [0.05, 0.1) is 25.1 Å². The van der Waals surface area contributed by atoms with Crippen LogP contribution in [0.25, 0.3) is 10.4 Å². The second-order valence-electron chi connectivity index (χ2n) is 7.71. The number of fused-ring (bicyclic) bond motifs is 1. The van der Waals surface area contributed by atoms with Crippen molar-refractivity contribution in [3.8, 4) is 16.2 Å². The average Bonchev–Trinajstić information content (AvgIpc) is 3.34. The Morgan fingerprint density at radius 2 is 2.13 bits per heavy atom. The Morgan fingerprint density at radius 1 is 1.32 bits per heavy atom. The zero-order valence-electron chi connectivity index (χ0n) is 17.1. The molecule has 10 heteroatoms. The van der Waals surface area contributed by atoms with E-state index in [1.54, 1.807) is 13.8 Å². The maximum absolute atomic E-state index is 12.7. The Labute approximate surface area is 181 Å². The van der Waals surface area contributed by atoms with E-state index in [4.69, 9.17) is 10.5 Å². The number of carbonyl (C=O) groups excluding carboxylic acids is 1. The van der Waals surface area contributed by atoms with Crippen molar-refractivity contribution in [2.45, 2.75) is 32.5 Å². The summed E-state index contributed by atoms with van der Waals surface area (Å²) in [5.41, 5.74) is 6.05. The van der Waals surface area contributed by atoms with Crippen molar-refractivity contribution in [3.63, 3.8) is 0 Å². The fourth-order valence-electron chi connectivity index (χ4n) is 3.17. The summed E-state index contributed by atoms with van der Waals surface area (Å²) in [5, 5.41) is 6.92. The number of nitrogens with one attached hydrogen (secondary N) is 1. The molecule has 3 aromatic rings. The van der Waals surface area contributed by atoms with Gasteiger partial charge in [-0.15, -0.1) is 11.3 Å². The number of aromatic nitrogens is 3. The second-order valence-corrected chi connectivity index (χ2v) is 8.88. The van der Waals surface area contributed by atoms with Crippen molar-refractivity contribution in [1.29, 1.82) is 0 Å². The predicted octanol–water partition coefficient (Wildman–Crippen LogP) is 2.74. The summed E-state index contributed by atoms with van der Waals surface area (Å²) < 4.78 is 21.2. The number of anilines is 1. The minimum Gasteiger partial charge on any atom is -0.476 e. The Hall–Kier alpha value is -3.24. The molecule has 8 nitrogen and oxygen atoms in total. The molecule has 3 heterocycles. The van der Waals surface area contributed by atoms with Crippen molar-refractivity contribution in [2.75, 3.05) is 11.9 Å². The molecule has 1 aliphatic heterocycles. The summed E-state index contributed by atoms with van der Waals surface area (Å²) in [6, 6.07) is 9.55. The molecule has 162 valence electrons. The van der Waals surface area contributed by atoms with Crippen molar-refractivity contribution in [1.82, 2.24) is 14.3 Å². The molecule has 0 saturated carbocycles. The van der Waals surface area contributed by atoms with Crippen molar-refractivity contribution < 1.29 is 13.9 Å². The molecule has 0 aliphatic carbocycles. The number of nitrogens with two attached hydrogens (primary N) is 1. The summed E-state index contributed by atoms with van der Waals surface area (Å²) in [6.07, 6.45) is 1.84. The maximum atomic E-state index is 12.7. The van der Waals surface area contributed by atoms with E-state index in [2.05, 4.69) is 10.4 Å². The number of rotatable bonds is 6. The van der Waals surface area contributed by atoms with E-state index in [0.29, 0.717) is 24.3 Å². The van der Waals surface area contributed by atoms with Crippen LogP contribution in [0, 0.1) is 0 Å². The predicted molar refractivity (Wildman–Crippen MR) is 117 cm³/mol. The van der Waals surface area contributed by atoms with E-state index in [1.807, 2.05) is 30.3 Å². The Kier molecular flexibility index (Phi) is 5.50. The first kappa shape index (κ1) is 21.0. The number of halogens is 1. The molecule has 2 aromatic heterocycles. The summed E-state index contributed by atoms with van der Waals surface area (Å²) in [5.74, 6) is 0.434. The van der Waals surface area contributed by atoms with E-state index in [9.17, 15) is 14.0 Å². The highest BCUT2D eigenvalue weighted by atomic mass is 32.1. The lowest BCUT2D eigenvalue weighted by atomic mass is 10.0. The van der Waals surface area contributed by atoms with Crippen LogP contribution in [0.15, 0.2) is 53.4 Å². The fourth-order valence-corrected chi connectivity index (χ4v) is 4.18. The van der Waals surface area contributed by atoms with Gasteiger partial charge in [0.15, 0.2) is 5.60 Å². The zero-order valence-corrected chi connectivity index (χ0v) is 17.9. The summed E-state index contributed by atoms with van der Waals surface area (Å²) in [7, 11) is 0. The van der Waals surface area contributed by atoms with Gasteiger partial charge in [-0.25, -0.2) is 13.9 Å². The third-order valence-electron chi connectivity index (χ3n) is 4.98. The first-order valence-corrected chi connectivity index (χ1v) is 10.5. The molecule has 1 amide bonds. The van der Waals surface area contributed by atoms with Gasteiger partial charge in [-0.1, -0.05) is 0 Å². The van der Waals surface area contributed by atoms with Gasteiger partial charge >= 0.3 is 5.69 Å². The molecule has 3 N–H and O–H groups in total. The lowest BCUT2D eigenvalue weighted by Gasteiger charge is -2.31. The number of hydrogen-bond donors (Lipinski definition) is 2. The minimum atomic E-state index is -0.909. The Balaban J connectivity index is 1.52. The molecule has 0 spiro atoms. The van der Waals surface area contributed by atoms with Gasteiger partial charge in [0.25, 0.3) is 5.91 Å². The van der Waals surface area contributed by atoms with Gasteiger partial charge in [0.2, 0.25) is 0 Å². The minimum absolute atomic E-state index is 0.0217. The monoisotopic (exact) mass is 443 g/mol. The third kappa shape index (κ3) is 4.17. The molecule has 0 saturated heterocycles. The number of hydrogen-bond acceptors (Lipinski definition) is 6. The first-order valence-electron chi connectivity index (χ1n) is 9.65. The quantitative estimate of drug-likeness (QED) is 0.610. The highest BCUT2D eigenvalue weighted by molar-refractivity contribution is 7.15. The summed E-state index contributed by atoms with van der Waals surface area (Å²) in [6.45, 7) is 3.83. The topological polar surface area (TPSA) is 104 Å².